The molecule has 1 aromatic carbocycles. The zero-order valence-electron chi connectivity index (χ0n) is 18.1. The van der Waals surface area contributed by atoms with Crippen molar-refractivity contribution >= 4 is 11.8 Å². The number of hydrogen-bond acceptors (Lipinski definition) is 5. The Balaban J connectivity index is 1.45. The number of ether oxygens (including phenoxy) is 2. The molecule has 30 heavy (non-hydrogen) atoms. The Morgan fingerprint density at radius 2 is 1.73 bits per heavy atom. The van der Waals surface area contributed by atoms with Crippen LogP contribution in [0.1, 0.15) is 37.5 Å². The van der Waals surface area contributed by atoms with Crippen molar-refractivity contribution in [2.45, 2.75) is 46.1 Å². The molecule has 0 bridgehead atoms. The van der Waals surface area contributed by atoms with E-state index in [0.29, 0.717) is 19.7 Å². The molecule has 1 aliphatic rings. The number of benzene rings is 1. The van der Waals surface area contributed by atoms with Gasteiger partial charge < -0.3 is 25.0 Å². The van der Waals surface area contributed by atoms with Crippen LogP contribution in [0.2, 0.25) is 0 Å². The van der Waals surface area contributed by atoms with Crippen molar-refractivity contribution in [3.8, 4) is 0 Å². The minimum atomic E-state index is -0.198. The van der Waals surface area contributed by atoms with Gasteiger partial charge in [-0.05, 0) is 49.6 Å². The summed E-state index contributed by atoms with van der Waals surface area (Å²) in [5, 5.41) is 5.83. The molecule has 7 heteroatoms. The monoisotopic (exact) mass is 412 g/mol. The topological polar surface area (TPSA) is 75.7 Å². The van der Waals surface area contributed by atoms with Gasteiger partial charge in [-0.2, -0.15) is 0 Å². The molecule has 0 spiro atoms. The fourth-order valence-corrected chi connectivity index (χ4v) is 3.09. The second-order valence-electron chi connectivity index (χ2n) is 8.38. The average molecular weight is 413 g/mol. The lowest BCUT2D eigenvalue weighted by Gasteiger charge is -2.28. The predicted octanol–water partition coefficient (Wildman–Crippen LogP) is 3.23. The summed E-state index contributed by atoms with van der Waals surface area (Å²) < 4.78 is 11.2. The number of nitrogens with zero attached hydrogens (tertiary/aromatic N) is 2. The standard InChI is InChI=1S/C23H32N4O3/c1-23(2,3)30-17-20-6-4-5-18(13-20)15-25-22(28)26-16-19-7-8-24-21(14-19)27-9-11-29-12-10-27/h4-8,13-14H,9-12,15-17H2,1-3H3,(H2,25,26,28). The molecule has 1 aromatic heterocycles. The maximum absolute atomic E-state index is 12.2. The Kier molecular flexibility index (Phi) is 7.65. The van der Waals surface area contributed by atoms with Crippen molar-refractivity contribution in [2.24, 2.45) is 0 Å². The number of morpholine rings is 1. The summed E-state index contributed by atoms with van der Waals surface area (Å²) in [6.45, 7) is 10.7. The molecule has 1 fully saturated rings. The van der Waals surface area contributed by atoms with E-state index < -0.39 is 0 Å². The first-order valence-corrected chi connectivity index (χ1v) is 10.4. The minimum absolute atomic E-state index is 0.178. The Morgan fingerprint density at radius 1 is 1.07 bits per heavy atom. The summed E-state index contributed by atoms with van der Waals surface area (Å²) in [6, 6.07) is 11.8. The van der Waals surface area contributed by atoms with E-state index >= 15 is 0 Å². The third-order valence-electron chi connectivity index (χ3n) is 4.71. The highest BCUT2D eigenvalue weighted by Crippen LogP contribution is 2.15. The van der Waals surface area contributed by atoms with Crippen molar-refractivity contribution in [1.29, 1.82) is 0 Å². The molecular weight excluding hydrogens is 380 g/mol. The number of pyridine rings is 1. The molecule has 1 aliphatic heterocycles. The van der Waals surface area contributed by atoms with Crippen LogP contribution in [0.4, 0.5) is 10.6 Å². The van der Waals surface area contributed by atoms with E-state index in [-0.39, 0.29) is 11.6 Å². The van der Waals surface area contributed by atoms with Crippen molar-refractivity contribution in [3.63, 3.8) is 0 Å². The first kappa shape index (κ1) is 22.1. The zero-order chi connectivity index (χ0) is 21.4. The Bertz CT molecular complexity index is 829. The average Bonchev–Trinajstić information content (AvgIpc) is 2.75. The number of rotatable bonds is 7. The van der Waals surface area contributed by atoms with Gasteiger partial charge in [0.2, 0.25) is 0 Å². The van der Waals surface area contributed by atoms with E-state index in [0.717, 1.165) is 48.8 Å². The van der Waals surface area contributed by atoms with Crippen LogP contribution in [-0.2, 0) is 29.2 Å². The van der Waals surface area contributed by atoms with Crippen LogP contribution in [0.5, 0.6) is 0 Å². The summed E-state index contributed by atoms with van der Waals surface area (Å²) in [5.74, 6) is 0.923. The molecule has 0 aliphatic carbocycles. The highest BCUT2D eigenvalue weighted by atomic mass is 16.5. The molecule has 7 nitrogen and oxygen atoms in total. The molecule has 2 amide bonds. The molecular formula is C23H32N4O3. The minimum Gasteiger partial charge on any atom is -0.378 e. The third-order valence-corrected chi connectivity index (χ3v) is 4.71. The second-order valence-corrected chi connectivity index (χ2v) is 8.38. The molecule has 0 radical (unpaired) electrons. The smallest absolute Gasteiger partial charge is 0.315 e. The number of anilines is 1. The van der Waals surface area contributed by atoms with Crippen molar-refractivity contribution in [1.82, 2.24) is 15.6 Å². The van der Waals surface area contributed by atoms with Crippen LogP contribution in [0.15, 0.2) is 42.6 Å². The lowest BCUT2D eigenvalue weighted by Crippen LogP contribution is -2.37. The van der Waals surface area contributed by atoms with E-state index in [2.05, 4.69) is 26.6 Å². The molecule has 2 heterocycles. The Hall–Kier alpha value is -2.64. The van der Waals surface area contributed by atoms with Crippen LogP contribution in [0.25, 0.3) is 0 Å². The highest BCUT2D eigenvalue weighted by Gasteiger charge is 2.13. The van der Waals surface area contributed by atoms with Gasteiger partial charge in [-0.15, -0.1) is 0 Å². The van der Waals surface area contributed by atoms with Gasteiger partial charge in [-0.1, -0.05) is 24.3 Å². The quantitative estimate of drug-likeness (QED) is 0.730. The van der Waals surface area contributed by atoms with E-state index in [1.165, 1.54) is 0 Å². The second kappa shape index (κ2) is 10.4. The van der Waals surface area contributed by atoms with E-state index in [9.17, 15) is 4.79 Å². The van der Waals surface area contributed by atoms with Crippen molar-refractivity contribution in [2.75, 3.05) is 31.2 Å². The summed E-state index contributed by atoms with van der Waals surface area (Å²) in [6.07, 6.45) is 1.78. The van der Waals surface area contributed by atoms with Gasteiger partial charge >= 0.3 is 6.03 Å². The first-order chi connectivity index (χ1) is 14.4. The maximum Gasteiger partial charge on any atom is 0.315 e. The summed E-state index contributed by atoms with van der Waals surface area (Å²) in [4.78, 5) is 18.9. The van der Waals surface area contributed by atoms with Crippen LogP contribution in [0.3, 0.4) is 0 Å². The number of hydrogen-bond donors (Lipinski definition) is 2. The fourth-order valence-electron chi connectivity index (χ4n) is 3.09. The van der Waals surface area contributed by atoms with Gasteiger partial charge in [-0.25, -0.2) is 9.78 Å². The van der Waals surface area contributed by atoms with Gasteiger partial charge in [-0.3, -0.25) is 0 Å². The number of amides is 2. The van der Waals surface area contributed by atoms with E-state index in [1.807, 2.05) is 51.1 Å². The number of urea groups is 1. The van der Waals surface area contributed by atoms with Crippen LogP contribution in [0, 0.1) is 0 Å². The normalized spacial score (nSPS) is 14.4. The highest BCUT2D eigenvalue weighted by molar-refractivity contribution is 5.73. The van der Waals surface area contributed by atoms with E-state index in [4.69, 9.17) is 9.47 Å². The zero-order valence-corrected chi connectivity index (χ0v) is 18.1. The lowest BCUT2D eigenvalue weighted by molar-refractivity contribution is -0.0149. The van der Waals surface area contributed by atoms with Gasteiger partial charge in [0.15, 0.2) is 0 Å². The molecule has 0 atom stereocenters. The molecule has 0 saturated carbocycles. The molecule has 2 aromatic rings. The maximum atomic E-state index is 12.2. The SMILES string of the molecule is CC(C)(C)OCc1cccc(CNC(=O)NCc2ccnc(N3CCOCC3)c2)c1. The van der Waals surface area contributed by atoms with Crippen LogP contribution in [-0.4, -0.2) is 42.9 Å². The van der Waals surface area contributed by atoms with E-state index in [1.54, 1.807) is 6.20 Å². The number of nitrogens with one attached hydrogen (secondary N) is 2. The van der Waals surface area contributed by atoms with Crippen LogP contribution >= 0.6 is 0 Å². The molecule has 162 valence electrons. The van der Waals surface area contributed by atoms with Gasteiger partial charge in [0.1, 0.15) is 5.82 Å². The van der Waals surface area contributed by atoms with Crippen LogP contribution < -0.4 is 15.5 Å². The Labute approximate surface area is 178 Å². The number of aromatic nitrogens is 1. The Morgan fingerprint density at radius 3 is 2.43 bits per heavy atom. The molecule has 1 saturated heterocycles. The molecule has 0 unspecified atom stereocenters. The fraction of sp³-hybridized carbons (Fsp3) is 0.478. The van der Waals surface area contributed by atoms with Crippen molar-refractivity contribution < 1.29 is 14.3 Å². The molecule has 2 N–H and O–H groups in total. The van der Waals surface area contributed by atoms with Gasteiger partial charge in [0.25, 0.3) is 0 Å². The lowest BCUT2D eigenvalue weighted by atomic mass is 10.1. The largest absolute Gasteiger partial charge is 0.378 e. The summed E-state index contributed by atoms with van der Waals surface area (Å²) in [5.41, 5.74) is 2.97. The first-order valence-electron chi connectivity index (χ1n) is 10.4. The summed E-state index contributed by atoms with van der Waals surface area (Å²) >= 11 is 0. The molecule has 3 rings (SSSR count). The predicted molar refractivity (Wildman–Crippen MR) is 117 cm³/mol. The number of carbonyl (C=O) groups is 1. The number of carbonyl (C=O) groups excluding carboxylic acids is 1. The summed E-state index contributed by atoms with van der Waals surface area (Å²) in [7, 11) is 0. The van der Waals surface area contributed by atoms with Crippen molar-refractivity contribution in [3.05, 3.63) is 59.3 Å². The third kappa shape index (κ3) is 7.31. The van der Waals surface area contributed by atoms with Gasteiger partial charge in [0.05, 0.1) is 25.4 Å². The van der Waals surface area contributed by atoms with Gasteiger partial charge in [0, 0.05) is 32.4 Å².